The summed E-state index contributed by atoms with van der Waals surface area (Å²) in [4.78, 5) is 14.7. The molecule has 0 aliphatic carbocycles. The molecule has 2 rings (SSSR count). The van der Waals surface area contributed by atoms with E-state index in [4.69, 9.17) is 9.31 Å². The van der Waals surface area contributed by atoms with Gasteiger partial charge in [0, 0.05) is 17.8 Å². The Bertz CT molecular complexity index is 583. The van der Waals surface area contributed by atoms with Crippen LogP contribution in [0.1, 0.15) is 39.1 Å². The molecule has 0 spiro atoms. The molecule has 21 heavy (non-hydrogen) atoms. The summed E-state index contributed by atoms with van der Waals surface area (Å²) in [5.74, 6) is 1.72. The van der Waals surface area contributed by atoms with E-state index in [-0.39, 0.29) is 5.69 Å². The Morgan fingerprint density at radius 3 is 2.33 bits per heavy atom. The highest BCUT2D eigenvalue weighted by Crippen LogP contribution is 2.37. The van der Waals surface area contributed by atoms with Crippen molar-refractivity contribution < 1.29 is 14.2 Å². The van der Waals surface area contributed by atoms with Gasteiger partial charge in [0.25, 0.3) is 5.69 Å². The molecule has 1 fully saturated rings. The SMILES string of the molecule is Cc1cc([N+](=O)[O-])cc(/C=C/B2OC(C)(C)C(C)(C)O2)n1. The van der Waals surface area contributed by atoms with E-state index in [0.717, 1.165) is 0 Å². The molecular formula is C14H19BN2O4. The maximum atomic E-state index is 10.8. The predicted octanol–water partition coefficient (Wildman–Crippen LogP) is 2.94. The van der Waals surface area contributed by atoms with Gasteiger partial charge in [-0.1, -0.05) is 5.98 Å². The largest absolute Gasteiger partial charge is 0.487 e. The summed E-state index contributed by atoms with van der Waals surface area (Å²) in [5, 5.41) is 10.8. The number of nitrogens with zero attached hydrogens (tertiary/aromatic N) is 2. The zero-order chi connectivity index (χ0) is 15.8. The van der Waals surface area contributed by atoms with Crippen LogP contribution in [-0.2, 0) is 9.31 Å². The number of rotatable bonds is 3. The van der Waals surface area contributed by atoms with Crippen molar-refractivity contribution in [3.05, 3.63) is 39.6 Å². The standard InChI is InChI=1S/C14H19BN2O4/c1-10-8-12(17(18)19)9-11(16-10)6-7-15-20-13(2,3)14(4,5)21-15/h6-9H,1-5H3/b7-6+. The van der Waals surface area contributed by atoms with Crippen molar-refractivity contribution in [2.45, 2.75) is 45.8 Å². The molecule has 7 heteroatoms. The van der Waals surface area contributed by atoms with Gasteiger partial charge in [-0.3, -0.25) is 15.1 Å². The van der Waals surface area contributed by atoms with Gasteiger partial charge < -0.3 is 9.31 Å². The molecule has 0 N–H and O–H groups in total. The number of pyridine rings is 1. The molecule has 0 bridgehead atoms. The van der Waals surface area contributed by atoms with Gasteiger partial charge >= 0.3 is 7.12 Å². The van der Waals surface area contributed by atoms with Gasteiger partial charge in [0.15, 0.2) is 0 Å². The Morgan fingerprint density at radius 1 is 1.24 bits per heavy atom. The maximum Gasteiger partial charge on any atom is 0.487 e. The van der Waals surface area contributed by atoms with E-state index in [1.807, 2.05) is 27.7 Å². The monoisotopic (exact) mass is 290 g/mol. The summed E-state index contributed by atoms with van der Waals surface area (Å²) in [6.45, 7) is 9.60. The Labute approximate surface area is 124 Å². The first kappa shape index (κ1) is 15.7. The second kappa shape index (κ2) is 5.24. The van der Waals surface area contributed by atoms with E-state index in [2.05, 4.69) is 4.98 Å². The number of aryl methyl sites for hydroxylation is 1. The van der Waals surface area contributed by atoms with Gasteiger partial charge in [-0.2, -0.15) is 0 Å². The molecule has 1 saturated heterocycles. The van der Waals surface area contributed by atoms with Crippen molar-refractivity contribution in [2.75, 3.05) is 0 Å². The first-order valence-electron chi connectivity index (χ1n) is 6.78. The Balaban J connectivity index is 2.18. The summed E-state index contributed by atoms with van der Waals surface area (Å²) in [7, 11) is -0.489. The fraction of sp³-hybridized carbons (Fsp3) is 0.500. The fourth-order valence-corrected chi connectivity index (χ4v) is 2.01. The number of aromatic nitrogens is 1. The van der Waals surface area contributed by atoms with Crippen LogP contribution in [-0.4, -0.2) is 28.2 Å². The van der Waals surface area contributed by atoms with Gasteiger partial charge in [0.2, 0.25) is 0 Å². The maximum absolute atomic E-state index is 10.8. The summed E-state index contributed by atoms with van der Waals surface area (Å²) < 4.78 is 11.6. The Hall–Kier alpha value is -1.73. The van der Waals surface area contributed by atoms with E-state index in [9.17, 15) is 10.1 Å². The van der Waals surface area contributed by atoms with Gasteiger partial charge in [0.1, 0.15) is 0 Å². The summed E-state index contributed by atoms with van der Waals surface area (Å²) in [5.41, 5.74) is 0.312. The lowest BCUT2D eigenvalue weighted by molar-refractivity contribution is -0.385. The molecular weight excluding hydrogens is 271 g/mol. The topological polar surface area (TPSA) is 74.5 Å². The Morgan fingerprint density at radius 2 is 1.81 bits per heavy atom. The molecule has 2 heterocycles. The number of hydrogen-bond donors (Lipinski definition) is 0. The van der Waals surface area contributed by atoms with Crippen LogP contribution in [0.2, 0.25) is 0 Å². The minimum absolute atomic E-state index is 0.0241. The van der Waals surface area contributed by atoms with Crippen LogP contribution in [0, 0.1) is 17.0 Å². The summed E-state index contributed by atoms with van der Waals surface area (Å²) in [6, 6.07) is 2.86. The van der Waals surface area contributed by atoms with Crippen LogP contribution in [0.4, 0.5) is 5.69 Å². The van der Waals surface area contributed by atoms with Crippen molar-refractivity contribution in [3.63, 3.8) is 0 Å². The zero-order valence-corrected chi connectivity index (χ0v) is 12.9. The van der Waals surface area contributed by atoms with Crippen molar-refractivity contribution in [3.8, 4) is 0 Å². The highest BCUT2D eigenvalue weighted by molar-refractivity contribution is 6.52. The van der Waals surface area contributed by atoms with Crippen molar-refractivity contribution in [1.29, 1.82) is 0 Å². The lowest BCUT2D eigenvalue weighted by Crippen LogP contribution is -2.41. The second-order valence-corrected chi connectivity index (χ2v) is 6.13. The lowest BCUT2D eigenvalue weighted by Gasteiger charge is -2.32. The highest BCUT2D eigenvalue weighted by atomic mass is 16.7. The quantitative estimate of drug-likeness (QED) is 0.486. The van der Waals surface area contributed by atoms with E-state index in [0.29, 0.717) is 11.4 Å². The lowest BCUT2D eigenvalue weighted by atomic mass is 9.89. The van der Waals surface area contributed by atoms with Crippen molar-refractivity contribution >= 4 is 18.9 Å². The van der Waals surface area contributed by atoms with Gasteiger partial charge in [-0.15, -0.1) is 0 Å². The van der Waals surface area contributed by atoms with Crippen LogP contribution < -0.4 is 0 Å². The van der Waals surface area contributed by atoms with Crippen LogP contribution >= 0.6 is 0 Å². The third-order valence-corrected chi connectivity index (χ3v) is 3.86. The average Bonchev–Trinajstić information content (AvgIpc) is 2.54. The van der Waals surface area contributed by atoms with Crippen LogP contribution in [0.15, 0.2) is 18.1 Å². The van der Waals surface area contributed by atoms with Gasteiger partial charge in [-0.25, -0.2) is 0 Å². The molecule has 112 valence electrons. The van der Waals surface area contributed by atoms with E-state index >= 15 is 0 Å². The smallest absolute Gasteiger partial charge is 0.400 e. The zero-order valence-electron chi connectivity index (χ0n) is 12.9. The van der Waals surface area contributed by atoms with Gasteiger partial charge in [-0.05, 0) is 40.7 Å². The third kappa shape index (κ3) is 3.30. The molecule has 0 atom stereocenters. The minimum atomic E-state index is -0.489. The molecule has 0 saturated carbocycles. The second-order valence-electron chi connectivity index (χ2n) is 6.13. The summed E-state index contributed by atoms with van der Waals surface area (Å²) in [6.07, 6.45) is 1.68. The van der Waals surface area contributed by atoms with Crippen LogP contribution in [0.25, 0.3) is 6.08 Å². The molecule has 1 aromatic heterocycles. The first-order valence-corrected chi connectivity index (χ1v) is 6.78. The molecule has 0 unspecified atom stereocenters. The fourth-order valence-electron chi connectivity index (χ4n) is 2.01. The van der Waals surface area contributed by atoms with Gasteiger partial charge in [0.05, 0.1) is 21.8 Å². The molecule has 6 nitrogen and oxygen atoms in total. The number of hydrogen-bond acceptors (Lipinski definition) is 5. The van der Waals surface area contributed by atoms with E-state index < -0.39 is 23.2 Å². The molecule has 0 radical (unpaired) electrons. The Kier molecular flexibility index (Phi) is 3.90. The summed E-state index contributed by atoms with van der Waals surface area (Å²) >= 11 is 0. The van der Waals surface area contributed by atoms with E-state index in [1.54, 1.807) is 19.0 Å². The molecule has 0 amide bonds. The molecule has 0 aromatic carbocycles. The molecule has 1 aliphatic rings. The minimum Gasteiger partial charge on any atom is -0.400 e. The third-order valence-electron chi connectivity index (χ3n) is 3.86. The van der Waals surface area contributed by atoms with Crippen molar-refractivity contribution in [2.24, 2.45) is 0 Å². The van der Waals surface area contributed by atoms with Crippen molar-refractivity contribution in [1.82, 2.24) is 4.98 Å². The first-order chi connectivity index (χ1) is 9.60. The molecule has 1 aromatic rings. The highest BCUT2D eigenvalue weighted by Gasteiger charge is 2.50. The van der Waals surface area contributed by atoms with Crippen LogP contribution in [0.3, 0.4) is 0 Å². The molecule has 1 aliphatic heterocycles. The van der Waals surface area contributed by atoms with Crippen LogP contribution in [0.5, 0.6) is 0 Å². The normalized spacial score (nSPS) is 20.1. The predicted molar refractivity (Wildman–Crippen MR) is 80.7 cm³/mol. The number of nitro groups is 1. The average molecular weight is 290 g/mol. The van der Waals surface area contributed by atoms with E-state index in [1.165, 1.54) is 12.1 Å².